The minimum atomic E-state index is -0.185. The summed E-state index contributed by atoms with van der Waals surface area (Å²) in [5.74, 6) is 5.66. The van der Waals surface area contributed by atoms with Gasteiger partial charge in [0, 0.05) is 17.2 Å². The molecular formula is C20H17NO2. The van der Waals surface area contributed by atoms with Crippen LogP contribution in [0.2, 0.25) is 0 Å². The summed E-state index contributed by atoms with van der Waals surface area (Å²) in [5.41, 5.74) is 2.44. The van der Waals surface area contributed by atoms with Gasteiger partial charge in [-0.05, 0) is 30.7 Å². The van der Waals surface area contributed by atoms with Crippen molar-refractivity contribution in [3.8, 4) is 11.8 Å². The summed E-state index contributed by atoms with van der Waals surface area (Å²) in [6.45, 7) is 1.80. The van der Waals surface area contributed by atoms with Gasteiger partial charge >= 0.3 is 0 Å². The van der Waals surface area contributed by atoms with E-state index >= 15 is 0 Å². The molecule has 0 unspecified atom stereocenters. The second-order valence-corrected chi connectivity index (χ2v) is 4.90. The van der Waals surface area contributed by atoms with Crippen LogP contribution in [0, 0.1) is 11.8 Å². The molecule has 0 fully saturated rings. The predicted molar refractivity (Wildman–Crippen MR) is 91.8 cm³/mol. The van der Waals surface area contributed by atoms with Crippen molar-refractivity contribution in [1.29, 1.82) is 0 Å². The first kappa shape index (κ1) is 16.3. The Hall–Kier alpha value is -3.12. The number of carbonyl (C=O) groups is 2. The highest BCUT2D eigenvalue weighted by Crippen LogP contribution is 2.03. The van der Waals surface area contributed by atoms with Gasteiger partial charge in [0.1, 0.15) is 0 Å². The molecule has 0 saturated heterocycles. The highest BCUT2D eigenvalue weighted by molar-refractivity contribution is 5.94. The number of amides is 1. The fourth-order valence-electron chi connectivity index (χ4n) is 1.86. The SMILES string of the molecule is CC(=O)c1ccc(C#CCNC(=O)/C=C/c2ccccc2)cc1. The van der Waals surface area contributed by atoms with E-state index < -0.39 is 0 Å². The zero-order chi connectivity index (χ0) is 16.5. The molecule has 0 atom stereocenters. The third-order valence-electron chi connectivity index (χ3n) is 3.10. The average molecular weight is 303 g/mol. The number of benzene rings is 2. The van der Waals surface area contributed by atoms with Gasteiger partial charge in [-0.25, -0.2) is 0 Å². The van der Waals surface area contributed by atoms with Crippen LogP contribution in [-0.4, -0.2) is 18.2 Å². The van der Waals surface area contributed by atoms with E-state index in [-0.39, 0.29) is 18.2 Å². The molecule has 1 N–H and O–H groups in total. The Bertz CT molecular complexity index is 763. The van der Waals surface area contributed by atoms with Crippen molar-refractivity contribution in [2.75, 3.05) is 6.54 Å². The van der Waals surface area contributed by atoms with Gasteiger partial charge in [-0.2, -0.15) is 0 Å². The summed E-state index contributed by atoms with van der Waals surface area (Å²) < 4.78 is 0. The van der Waals surface area contributed by atoms with E-state index in [1.807, 2.05) is 30.3 Å². The maximum Gasteiger partial charge on any atom is 0.244 e. The first-order valence-corrected chi connectivity index (χ1v) is 7.26. The van der Waals surface area contributed by atoms with Gasteiger partial charge in [-0.15, -0.1) is 0 Å². The quantitative estimate of drug-likeness (QED) is 0.536. The Kier molecular flexibility index (Phi) is 5.90. The Balaban J connectivity index is 1.82. The number of carbonyl (C=O) groups excluding carboxylic acids is 2. The van der Waals surface area contributed by atoms with Gasteiger partial charge < -0.3 is 5.32 Å². The third kappa shape index (κ3) is 5.64. The average Bonchev–Trinajstić information content (AvgIpc) is 2.58. The molecule has 114 valence electrons. The highest BCUT2D eigenvalue weighted by Gasteiger charge is 1.97. The van der Waals surface area contributed by atoms with Crippen molar-refractivity contribution in [2.45, 2.75) is 6.92 Å². The van der Waals surface area contributed by atoms with E-state index in [1.165, 1.54) is 13.0 Å². The number of ketones is 1. The fraction of sp³-hybridized carbons (Fsp3) is 0.100. The molecule has 0 saturated carbocycles. The minimum Gasteiger partial charge on any atom is -0.342 e. The number of hydrogen-bond donors (Lipinski definition) is 1. The Morgan fingerprint density at radius 2 is 1.74 bits per heavy atom. The summed E-state index contributed by atoms with van der Waals surface area (Å²) in [4.78, 5) is 22.8. The van der Waals surface area contributed by atoms with Crippen LogP contribution in [-0.2, 0) is 4.79 Å². The van der Waals surface area contributed by atoms with E-state index in [2.05, 4.69) is 17.2 Å². The Morgan fingerprint density at radius 3 is 2.39 bits per heavy atom. The highest BCUT2D eigenvalue weighted by atomic mass is 16.1. The van der Waals surface area contributed by atoms with Crippen molar-refractivity contribution in [3.63, 3.8) is 0 Å². The lowest BCUT2D eigenvalue weighted by Gasteiger charge is -1.96. The maximum absolute atomic E-state index is 11.6. The van der Waals surface area contributed by atoms with E-state index in [0.29, 0.717) is 5.56 Å². The van der Waals surface area contributed by atoms with Gasteiger partial charge in [0.25, 0.3) is 0 Å². The van der Waals surface area contributed by atoms with Crippen molar-refractivity contribution >= 4 is 17.8 Å². The summed E-state index contributed by atoms with van der Waals surface area (Å²) in [6.07, 6.45) is 3.24. The first-order chi connectivity index (χ1) is 11.1. The molecule has 3 nitrogen and oxygen atoms in total. The van der Waals surface area contributed by atoms with Crippen molar-refractivity contribution in [2.24, 2.45) is 0 Å². The molecule has 0 aliphatic heterocycles. The Morgan fingerprint density at radius 1 is 1.04 bits per heavy atom. The summed E-state index contributed by atoms with van der Waals surface area (Å²) in [5, 5.41) is 2.70. The maximum atomic E-state index is 11.6. The summed E-state index contributed by atoms with van der Waals surface area (Å²) >= 11 is 0. The zero-order valence-corrected chi connectivity index (χ0v) is 12.9. The first-order valence-electron chi connectivity index (χ1n) is 7.26. The monoisotopic (exact) mass is 303 g/mol. The lowest BCUT2D eigenvalue weighted by Crippen LogP contribution is -2.20. The van der Waals surface area contributed by atoms with Gasteiger partial charge in [-0.3, -0.25) is 9.59 Å². The van der Waals surface area contributed by atoms with Gasteiger partial charge in [-0.1, -0.05) is 54.3 Å². The van der Waals surface area contributed by atoms with Crippen molar-refractivity contribution < 1.29 is 9.59 Å². The van der Waals surface area contributed by atoms with Crippen molar-refractivity contribution in [3.05, 3.63) is 77.4 Å². The molecule has 0 aliphatic carbocycles. The van der Waals surface area contributed by atoms with E-state index in [9.17, 15) is 9.59 Å². The number of nitrogens with one attached hydrogen (secondary N) is 1. The molecule has 2 aromatic rings. The molecule has 23 heavy (non-hydrogen) atoms. The molecule has 0 bridgehead atoms. The van der Waals surface area contributed by atoms with Crippen molar-refractivity contribution in [1.82, 2.24) is 5.32 Å². The number of rotatable bonds is 4. The summed E-state index contributed by atoms with van der Waals surface area (Å²) in [6, 6.07) is 16.7. The van der Waals surface area contributed by atoms with Crippen LogP contribution in [0.4, 0.5) is 0 Å². The Labute approximate surface area is 136 Å². The second kappa shape index (κ2) is 8.35. The lowest BCUT2D eigenvalue weighted by atomic mass is 10.1. The molecule has 2 rings (SSSR count). The lowest BCUT2D eigenvalue weighted by molar-refractivity contribution is -0.116. The fourth-order valence-corrected chi connectivity index (χ4v) is 1.86. The van der Waals surface area contributed by atoms with E-state index in [1.54, 1.807) is 30.3 Å². The smallest absolute Gasteiger partial charge is 0.244 e. The molecule has 0 aliphatic rings. The van der Waals surface area contributed by atoms with Crippen LogP contribution in [0.5, 0.6) is 0 Å². The second-order valence-electron chi connectivity index (χ2n) is 4.90. The minimum absolute atomic E-state index is 0.0296. The number of Topliss-reactive ketones (excluding diaryl/α,β-unsaturated/α-hetero) is 1. The van der Waals surface area contributed by atoms with Crippen LogP contribution >= 0.6 is 0 Å². The van der Waals surface area contributed by atoms with E-state index in [4.69, 9.17) is 0 Å². The zero-order valence-electron chi connectivity index (χ0n) is 12.9. The van der Waals surface area contributed by atoms with Crippen LogP contribution < -0.4 is 5.32 Å². The van der Waals surface area contributed by atoms with Gasteiger partial charge in [0.15, 0.2) is 5.78 Å². The van der Waals surface area contributed by atoms with Gasteiger partial charge in [0.2, 0.25) is 5.91 Å². The van der Waals surface area contributed by atoms with Crippen LogP contribution in [0.25, 0.3) is 6.08 Å². The molecular weight excluding hydrogens is 286 g/mol. The molecule has 1 amide bonds. The largest absolute Gasteiger partial charge is 0.342 e. The molecule has 0 radical (unpaired) electrons. The van der Waals surface area contributed by atoms with Gasteiger partial charge in [0.05, 0.1) is 6.54 Å². The van der Waals surface area contributed by atoms with Crippen LogP contribution in [0.15, 0.2) is 60.7 Å². The molecule has 0 aromatic heterocycles. The standard InChI is InChI=1S/C20H17NO2/c1-16(22)19-12-9-18(10-13-19)8-5-15-21-20(23)14-11-17-6-3-2-4-7-17/h2-4,6-7,9-14H,15H2,1H3,(H,21,23)/b14-11+. The van der Waals surface area contributed by atoms with Crippen LogP contribution in [0.1, 0.15) is 28.4 Å². The molecule has 2 aromatic carbocycles. The topological polar surface area (TPSA) is 46.2 Å². The van der Waals surface area contributed by atoms with Crippen LogP contribution in [0.3, 0.4) is 0 Å². The normalized spacial score (nSPS) is 9.96. The molecule has 0 spiro atoms. The van der Waals surface area contributed by atoms with E-state index in [0.717, 1.165) is 11.1 Å². The third-order valence-corrected chi connectivity index (χ3v) is 3.10. The molecule has 0 heterocycles. The summed E-state index contributed by atoms with van der Waals surface area (Å²) in [7, 11) is 0. The predicted octanol–water partition coefficient (Wildman–Crippen LogP) is 3.07. The molecule has 3 heteroatoms. The number of hydrogen-bond acceptors (Lipinski definition) is 2.